The molecule has 2 nitrogen and oxygen atoms in total. The van der Waals surface area contributed by atoms with E-state index >= 15 is 0 Å². The molecule has 0 saturated heterocycles. The number of halogens is 2. The molecule has 0 atom stereocenters. The van der Waals surface area contributed by atoms with E-state index in [1.807, 2.05) is 29.9 Å². The fourth-order valence-corrected chi connectivity index (χ4v) is 1.77. The van der Waals surface area contributed by atoms with Crippen molar-refractivity contribution >= 4 is 28.9 Å². The first-order valence-electron chi connectivity index (χ1n) is 4.95. The Balaban J connectivity index is 2.02. The highest BCUT2D eigenvalue weighted by Gasteiger charge is 1.99. The van der Waals surface area contributed by atoms with Gasteiger partial charge in [0.05, 0.1) is 10.0 Å². The molecule has 0 spiro atoms. The monoisotopic (exact) mass is 254 g/mol. The van der Waals surface area contributed by atoms with Gasteiger partial charge in [-0.2, -0.15) is 0 Å². The van der Waals surface area contributed by atoms with Crippen LogP contribution >= 0.6 is 23.2 Å². The van der Waals surface area contributed by atoms with E-state index < -0.39 is 0 Å². The van der Waals surface area contributed by atoms with Crippen LogP contribution < -0.4 is 5.32 Å². The summed E-state index contributed by atoms with van der Waals surface area (Å²) < 4.78 is 2.02. The van der Waals surface area contributed by atoms with Gasteiger partial charge in [0.25, 0.3) is 0 Å². The minimum atomic E-state index is 0.569. The zero-order valence-corrected chi connectivity index (χ0v) is 10.4. The lowest BCUT2D eigenvalue weighted by molar-refractivity contribution is 0.920. The van der Waals surface area contributed by atoms with Crippen molar-refractivity contribution in [2.24, 2.45) is 7.05 Å². The van der Waals surface area contributed by atoms with E-state index in [9.17, 15) is 0 Å². The summed E-state index contributed by atoms with van der Waals surface area (Å²) in [5.74, 6) is 0. The number of rotatable bonds is 3. The number of nitrogens with zero attached hydrogens (tertiary/aromatic N) is 1. The zero-order chi connectivity index (χ0) is 11.5. The van der Waals surface area contributed by atoms with Crippen molar-refractivity contribution in [3.63, 3.8) is 0 Å². The summed E-state index contributed by atoms with van der Waals surface area (Å²) in [6.45, 7) is 0.777. The van der Waals surface area contributed by atoms with Gasteiger partial charge in [0.15, 0.2) is 0 Å². The number of anilines is 1. The molecule has 84 valence electrons. The normalized spacial score (nSPS) is 10.4. The highest BCUT2D eigenvalue weighted by atomic mass is 35.5. The van der Waals surface area contributed by atoms with Crippen LogP contribution in [-0.2, 0) is 13.6 Å². The first kappa shape index (κ1) is 11.4. The highest BCUT2D eigenvalue weighted by molar-refractivity contribution is 6.42. The Hall–Kier alpha value is -1.12. The van der Waals surface area contributed by atoms with E-state index in [0.717, 1.165) is 12.2 Å². The van der Waals surface area contributed by atoms with E-state index in [1.165, 1.54) is 5.56 Å². The predicted octanol–water partition coefficient (Wildman–Crippen LogP) is 3.94. The maximum absolute atomic E-state index is 5.92. The van der Waals surface area contributed by atoms with Gasteiger partial charge in [0.2, 0.25) is 0 Å². The summed E-state index contributed by atoms with van der Waals surface area (Å²) in [5.41, 5.74) is 2.20. The Morgan fingerprint density at radius 2 is 2.00 bits per heavy atom. The molecule has 4 heteroatoms. The van der Waals surface area contributed by atoms with Gasteiger partial charge >= 0.3 is 0 Å². The number of nitrogens with one attached hydrogen (secondary N) is 1. The molecule has 16 heavy (non-hydrogen) atoms. The van der Waals surface area contributed by atoms with E-state index in [0.29, 0.717) is 10.0 Å². The van der Waals surface area contributed by atoms with Crippen LogP contribution in [0.15, 0.2) is 36.7 Å². The van der Waals surface area contributed by atoms with Crippen molar-refractivity contribution in [2.45, 2.75) is 6.54 Å². The van der Waals surface area contributed by atoms with Gasteiger partial charge in [-0.15, -0.1) is 0 Å². The molecule has 1 heterocycles. The third kappa shape index (κ3) is 2.71. The molecule has 0 saturated carbocycles. The molecule has 0 aliphatic carbocycles. The Morgan fingerprint density at radius 1 is 1.19 bits per heavy atom. The predicted molar refractivity (Wildman–Crippen MR) is 69.2 cm³/mol. The molecule has 0 amide bonds. The number of hydrogen-bond acceptors (Lipinski definition) is 1. The van der Waals surface area contributed by atoms with E-state index in [2.05, 4.69) is 17.6 Å². The highest BCUT2D eigenvalue weighted by Crippen LogP contribution is 2.25. The van der Waals surface area contributed by atoms with Crippen molar-refractivity contribution in [3.8, 4) is 0 Å². The van der Waals surface area contributed by atoms with Gasteiger partial charge in [0.1, 0.15) is 0 Å². The van der Waals surface area contributed by atoms with Gasteiger partial charge in [-0.1, -0.05) is 23.2 Å². The Bertz CT molecular complexity index is 492. The molecular weight excluding hydrogens is 243 g/mol. The average molecular weight is 255 g/mol. The summed E-state index contributed by atoms with van der Waals surface area (Å²) in [4.78, 5) is 0. The molecule has 2 aromatic rings. The van der Waals surface area contributed by atoms with Crippen LogP contribution in [-0.4, -0.2) is 4.57 Å². The van der Waals surface area contributed by atoms with Crippen LogP contribution in [0.2, 0.25) is 10.0 Å². The standard InChI is InChI=1S/C12H12Cl2N2/c1-16-5-4-9(8-16)7-15-10-2-3-11(13)12(14)6-10/h2-6,8,15H,7H2,1H3. The van der Waals surface area contributed by atoms with Crippen LogP contribution in [0.3, 0.4) is 0 Å². The molecule has 0 unspecified atom stereocenters. The van der Waals surface area contributed by atoms with Gasteiger partial charge in [-0.3, -0.25) is 0 Å². The van der Waals surface area contributed by atoms with Crippen molar-refractivity contribution < 1.29 is 0 Å². The average Bonchev–Trinajstić information content (AvgIpc) is 2.66. The Morgan fingerprint density at radius 3 is 2.62 bits per heavy atom. The maximum Gasteiger partial charge on any atom is 0.0612 e. The number of benzene rings is 1. The van der Waals surface area contributed by atoms with E-state index in [4.69, 9.17) is 23.2 Å². The molecular formula is C12H12Cl2N2. The van der Waals surface area contributed by atoms with Crippen molar-refractivity contribution in [3.05, 3.63) is 52.3 Å². The van der Waals surface area contributed by atoms with Gasteiger partial charge in [0, 0.05) is 31.7 Å². The van der Waals surface area contributed by atoms with Crippen molar-refractivity contribution in [1.29, 1.82) is 0 Å². The molecule has 0 aliphatic heterocycles. The van der Waals surface area contributed by atoms with Crippen molar-refractivity contribution in [2.75, 3.05) is 5.32 Å². The lowest BCUT2D eigenvalue weighted by Crippen LogP contribution is -1.98. The first-order chi connectivity index (χ1) is 7.65. The fourth-order valence-electron chi connectivity index (χ4n) is 1.48. The first-order valence-corrected chi connectivity index (χ1v) is 5.70. The van der Waals surface area contributed by atoms with E-state index in [1.54, 1.807) is 6.07 Å². The lowest BCUT2D eigenvalue weighted by Gasteiger charge is -2.06. The second-order valence-corrected chi connectivity index (χ2v) is 4.48. The Labute approximate surface area is 105 Å². The van der Waals surface area contributed by atoms with Crippen LogP contribution in [0.25, 0.3) is 0 Å². The van der Waals surface area contributed by atoms with Crippen molar-refractivity contribution in [1.82, 2.24) is 4.57 Å². The van der Waals surface area contributed by atoms with Crippen LogP contribution in [0, 0.1) is 0 Å². The second kappa shape index (κ2) is 4.81. The smallest absolute Gasteiger partial charge is 0.0612 e. The van der Waals surface area contributed by atoms with Crippen LogP contribution in [0.5, 0.6) is 0 Å². The van der Waals surface area contributed by atoms with Gasteiger partial charge < -0.3 is 9.88 Å². The maximum atomic E-state index is 5.92. The molecule has 1 aromatic heterocycles. The molecule has 0 bridgehead atoms. The largest absolute Gasteiger partial charge is 0.381 e. The number of aryl methyl sites for hydroxylation is 1. The number of hydrogen-bond donors (Lipinski definition) is 1. The molecule has 0 radical (unpaired) electrons. The van der Waals surface area contributed by atoms with E-state index in [-0.39, 0.29) is 0 Å². The van der Waals surface area contributed by atoms with Gasteiger partial charge in [-0.05, 0) is 29.8 Å². The third-order valence-corrected chi connectivity index (χ3v) is 3.05. The minimum Gasteiger partial charge on any atom is -0.381 e. The summed E-state index contributed by atoms with van der Waals surface area (Å²) in [6.07, 6.45) is 4.09. The molecule has 0 fully saturated rings. The summed E-state index contributed by atoms with van der Waals surface area (Å²) in [5, 5.41) is 4.43. The second-order valence-electron chi connectivity index (χ2n) is 3.67. The summed E-state index contributed by atoms with van der Waals surface area (Å²) in [6, 6.07) is 7.60. The molecule has 1 aromatic carbocycles. The summed E-state index contributed by atoms with van der Waals surface area (Å²) >= 11 is 11.8. The molecule has 2 rings (SSSR count). The quantitative estimate of drug-likeness (QED) is 0.878. The third-order valence-electron chi connectivity index (χ3n) is 2.31. The van der Waals surface area contributed by atoms with Gasteiger partial charge in [-0.25, -0.2) is 0 Å². The molecule has 1 N–H and O–H groups in total. The Kier molecular flexibility index (Phi) is 3.42. The fraction of sp³-hybridized carbons (Fsp3) is 0.167. The van der Waals surface area contributed by atoms with Crippen LogP contribution in [0.1, 0.15) is 5.56 Å². The summed E-state index contributed by atoms with van der Waals surface area (Å²) in [7, 11) is 2.00. The lowest BCUT2D eigenvalue weighted by atomic mass is 10.3. The number of aromatic nitrogens is 1. The SMILES string of the molecule is Cn1ccc(CNc2ccc(Cl)c(Cl)c2)c1. The zero-order valence-electron chi connectivity index (χ0n) is 8.87. The minimum absolute atomic E-state index is 0.569. The topological polar surface area (TPSA) is 17.0 Å². The molecule has 0 aliphatic rings. The van der Waals surface area contributed by atoms with Crippen LogP contribution in [0.4, 0.5) is 5.69 Å².